The van der Waals surface area contributed by atoms with Crippen LogP contribution in [0.2, 0.25) is 0 Å². The summed E-state index contributed by atoms with van der Waals surface area (Å²) < 4.78 is 1.93. The summed E-state index contributed by atoms with van der Waals surface area (Å²) in [7, 11) is 0. The van der Waals surface area contributed by atoms with Crippen molar-refractivity contribution in [1.29, 1.82) is 0 Å². The van der Waals surface area contributed by atoms with Crippen molar-refractivity contribution in [2.45, 2.75) is 0 Å². The molecule has 0 aliphatic carbocycles. The van der Waals surface area contributed by atoms with E-state index in [9.17, 15) is 0 Å². The molecule has 0 aliphatic rings. The predicted molar refractivity (Wildman–Crippen MR) is 49.7 cm³/mol. The first kappa shape index (κ1) is 8.04. The highest BCUT2D eigenvalue weighted by atomic mass is 79.9. The van der Waals surface area contributed by atoms with Gasteiger partial charge in [0.1, 0.15) is 0 Å². The van der Waals surface area contributed by atoms with Crippen LogP contribution < -0.4 is 11.3 Å². The summed E-state index contributed by atoms with van der Waals surface area (Å²) >= 11 is 6.70. The van der Waals surface area contributed by atoms with Crippen LogP contribution in [0.1, 0.15) is 0 Å². The average molecular weight is 266 g/mol. The van der Waals surface area contributed by atoms with Crippen molar-refractivity contribution in [3.63, 3.8) is 0 Å². The van der Waals surface area contributed by atoms with Crippen LogP contribution >= 0.6 is 31.9 Å². The molecule has 0 spiro atoms. The quantitative estimate of drug-likeness (QED) is 0.605. The fourth-order valence-electron chi connectivity index (χ4n) is 0.615. The summed E-state index contributed by atoms with van der Waals surface area (Å²) in [4.78, 5) is 0. The highest BCUT2D eigenvalue weighted by Gasteiger charge is 1.99. The van der Waals surface area contributed by atoms with E-state index in [-0.39, 0.29) is 0 Å². The highest BCUT2D eigenvalue weighted by Crippen LogP contribution is 2.29. The molecule has 0 aromatic heterocycles. The standard InChI is InChI=1S/C6H6Br2N2/c7-4-2-1-3-5(10-9)6(4)8/h1-3,10H,9H2. The maximum absolute atomic E-state index is 5.22. The second kappa shape index (κ2) is 3.37. The van der Waals surface area contributed by atoms with Gasteiger partial charge >= 0.3 is 0 Å². The Balaban J connectivity index is 3.14. The SMILES string of the molecule is NNc1cccc(Br)c1Br. The molecule has 0 unspecified atom stereocenters. The van der Waals surface area contributed by atoms with Gasteiger partial charge in [-0.05, 0) is 44.0 Å². The average Bonchev–Trinajstić information content (AvgIpc) is 1.95. The number of benzene rings is 1. The second-order valence-electron chi connectivity index (χ2n) is 1.75. The topological polar surface area (TPSA) is 38.0 Å². The summed E-state index contributed by atoms with van der Waals surface area (Å²) in [6.45, 7) is 0. The summed E-state index contributed by atoms with van der Waals surface area (Å²) in [5, 5.41) is 0. The zero-order valence-corrected chi connectivity index (χ0v) is 8.24. The molecule has 1 rings (SSSR count). The number of nitrogen functional groups attached to an aromatic ring is 1. The summed E-state index contributed by atoms with van der Waals surface area (Å²) in [6.07, 6.45) is 0. The van der Waals surface area contributed by atoms with Crippen LogP contribution in [0.25, 0.3) is 0 Å². The van der Waals surface area contributed by atoms with E-state index in [1.807, 2.05) is 18.2 Å². The summed E-state index contributed by atoms with van der Waals surface area (Å²) in [5.74, 6) is 5.22. The molecule has 1 aromatic carbocycles. The zero-order valence-electron chi connectivity index (χ0n) is 5.07. The normalized spacial score (nSPS) is 9.50. The third kappa shape index (κ3) is 1.51. The van der Waals surface area contributed by atoms with E-state index in [0.717, 1.165) is 14.6 Å². The number of hydrogen-bond acceptors (Lipinski definition) is 2. The summed E-state index contributed by atoms with van der Waals surface area (Å²) in [5.41, 5.74) is 3.43. The van der Waals surface area contributed by atoms with Crippen molar-refractivity contribution in [2.24, 2.45) is 5.84 Å². The molecule has 0 heterocycles. The first-order valence-electron chi connectivity index (χ1n) is 2.66. The Hall–Kier alpha value is -0.0600. The van der Waals surface area contributed by atoms with Crippen LogP contribution in [0.3, 0.4) is 0 Å². The van der Waals surface area contributed by atoms with E-state index in [0.29, 0.717) is 0 Å². The Bertz CT molecular complexity index is 237. The minimum atomic E-state index is 0.870. The van der Waals surface area contributed by atoms with Crippen molar-refractivity contribution >= 4 is 37.5 Å². The van der Waals surface area contributed by atoms with Gasteiger partial charge in [0.15, 0.2) is 0 Å². The lowest BCUT2D eigenvalue weighted by Crippen LogP contribution is -2.06. The monoisotopic (exact) mass is 264 g/mol. The predicted octanol–water partition coefficient (Wildman–Crippen LogP) is 2.50. The first-order valence-corrected chi connectivity index (χ1v) is 4.25. The van der Waals surface area contributed by atoms with Gasteiger partial charge in [0.2, 0.25) is 0 Å². The number of hydrazine groups is 1. The van der Waals surface area contributed by atoms with Gasteiger partial charge in [-0.25, -0.2) is 0 Å². The molecule has 0 saturated carbocycles. The van der Waals surface area contributed by atoms with E-state index in [2.05, 4.69) is 37.3 Å². The van der Waals surface area contributed by atoms with E-state index in [1.54, 1.807) is 0 Å². The van der Waals surface area contributed by atoms with E-state index in [4.69, 9.17) is 5.84 Å². The Morgan fingerprint density at radius 3 is 2.50 bits per heavy atom. The second-order valence-corrected chi connectivity index (χ2v) is 3.39. The number of nitrogens with two attached hydrogens (primary N) is 1. The van der Waals surface area contributed by atoms with Crippen molar-refractivity contribution < 1.29 is 0 Å². The van der Waals surface area contributed by atoms with Gasteiger partial charge in [-0.15, -0.1) is 0 Å². The largest absolute Gasteiger partial charge is 0.323 e. The molecular formula is C6H6Br2N2. The van der Waals surface area contributed by atoms with Crippen LogP contribution in [0, 0.1) is 0 Å². The lowest BCUT2D eigenvalue weighted by molar-refractivity contribution is 1.33. The van der Waals surface area contributed by atoms with Gasteiger partial charge in [-0.2, -0.15) is 0 Å². The number of hydrogen-bond donors (Lipinski definition) is 2. The lowest BCUT2D eigenvalue weighted by atomic mass is 10.3. The summed E-state index contributed by atoms with van der Waals surface area (Å²) in [6, 6.07) is 5.73. The molecule has 4 heteroatoms. The molecule has 0 fully saturated rings. The molecule has 0 bridgehead atoms. The molecule has 1 aromatic rings. The Kier molecular flexibility index (Phi) is 2.71. The highest BCUT2D eigenvalue weighted by molar-refractivity contribution is 9.13. The third-order valence-corrected chi connectivity index (χ3v) is 3.15. The Labute approximate surface area is 76.0 Å². The van der Waals surface area contributed by atoms with Crippen molar-refractivity contribution in [1.82, 2.24) is 0 Å². The molecule has 0 saturated heterocycles. The van der Waals surface area contributed by atoms with E-state index < -0.39 is 0 Å². The van der Waals surface area contributed by atoms with Crippen LogP contribution in [0.15, 0.2) is 27.1 Å². The van der Waals surface area contributed by atoms with Crippen LogP contribution in [-0.4, -0.2) is 0 Å². The number of halogens is 2. The van der Waals surface area contributed by atoms with Crippen molar-refractivity contribution in [3.05, 3.63) is 27.1 Å². The smallest absolute Gasteiger partial charge is 0.0638 e. The Morgan fingerprint density at radius 1 is 1.30 bits per heavy atom. The lowest BCUT2D eigenvalue weighted by Gasteiger charge is -2.02. The molecule has 0 aliphatic heterocycles. The fourth-order valence-corrected chi connectivity index (χ4v) is 1.36. The molecule has 2 nitrogen and oxygen atoms in total. The molecular weight excluding hydrogens is 260 g/mol. The number of rotatable bonds is 1. The molecule has 0 atom stereocenters. The minimum absolute atomic E-state index is 0.870. The van der Waals surface area contributed by atoms with Gasteiger partial charge in [0, 0.05) is 4.47 Å². The number of nitrogens with one attached hydrogen (secondary N) is 1. The van der Waals surface area contributed by atoms with Gasteiger partial charge in [0.25, 0.3) is 0 Å². The van der Waals surface area contributed by atoms with E-state index >= 15 is 0 Å². The maximum Gasteiger partial charge on any atom is 0.0638 e. The van der Waals surface area contributed by atoms with Gasteiger partial charge in [-0.3, -0.25) is 5.84 Å². The minimum Gasteiger partial charge on any atom is -0.323 e. The molecule has 10 heavy (non-hydrogen) atoms. The fraction of sp³-hybridized carbons (Fsp3) is 0. The van der Waals surface area contributed by atoms with Crippen LogP contribution in [0.4, 0.5) is 5.69 Å². The maximum atomic E-state index is 5.22. The van der Waals surface area contributed by atoms with Crippen LogP contribution in [-0.2, 0) is 0 Å². The van der Waals surface area contributed by atoms with Crippen molar-refractivity contribution in [2.75, 3.05) is 5.43 Å². The van der Waals surface area contributed by atoms with E-state index in [1.165, 1.54) is 0 Å². The van der Waals surface area contributed by atoms with Gasteiger partial charge < -0.3 is 5.43 Å². The van der Waals surface area contributed by atoms with Crippen LogP contribution in [0.5, 0.6) is 0 Å². The molecule has 3 N–H and O–H groups in total. The zero-order chi connectivity index (χ0) is 7.56. The first-order chi connectivity index (χ1) is 4.75. The third-order valence-electron chi connectivity index (χ3n) is 1.11. The molecule has 54 valence electrons. The van der Waals surface area contributed by atoms with Gasteiger partial charge in [-0.1, -0.05) is 6.07 Å². The number of anilines is 1. The van der Waals surface area contributed by atoms with Gasteiger partial charge in [0.05, 0.1) is 10.2 Å². The van der Waals surface area contributed by atoms with Crippen molar-refractivity contribution in [3.8, 4) is 0 Å². The molecule has 0 radical (unpaired) electrons. The Morgan fingerprint density at radius 2 is 2.00 bits per heavy atom. The molecule has 0 amide bonds.